The Morgan fingerprint density at radius 1 is 1.14 bits per heavy atom. The van der Waals surface area contributed by atoms with E-state index in [1.807, 2.05) is 50.2 Å². The van der Waals surface area contributed by atoms with E-state index in [1.165, 1.54) is 0 Å². The Morgan fingerprint density at radius 2 is 1.91 bits per heavy atom. The Labute approximate surface area is 140 Å². The highest BCUT2D eigenvalue weighted by Gasteiger charge is 2.09. The number of carbonyl (C=O) groups is 1. The highest BCUT2D eigenvalue weighted by molar-refractivity contribution is 6.34. The van der Waals surface area contributed by atoms with Crippen LogP contribution in [0.25, 0.3) is 0 Å². The SMILES string of the molecule is Cc1cc(C)c(NC(=O)NCCc2cccc(Cl)c2)c(Cl)c1. The monoisotopic (exact) mass is 336 g/mol. The first kappa shape index (κ1) is 16.7. The number of hydrogen-bond donors (Lipinski definition) is 2. The molecule has 2 N–H and O–H groups in total. The second-order valence-corrected chi connectivity index (χ2v) is 6.04. The van der Waals surface area contributed by atoms with Crippen molar-refractivity contribution < 1.29 is 4.79 Å². The number of aryl methyl sites for hydroxylation is 2. The summed E-state index contributed by atoms with van der Waals surface area (Å²) in [5.74, 6) is 0. The Hall–Kier alpha value is -1.71. The van der Waals surface area contributed by atoms with Crippen LogP contribution in [0.2, 0.25) is 10.0 Å². The average molecular weight is 337 g/mol. The molecule has 0 heterocycles. The lowest BCUT2D eigenvalue weighted by atomic mass is 10.1. The fourth-order valence-electron chi connectivity index (χ4n) is 2.24. The lowest BCUT2D eigenvalue weighted by Crippen LogP contribution is -2.30. The van der Waals surface area contributed by atoms with Crippen LogP contribution in [0.3, 0.4) is 0 Å². The summed E-state index contributed by atoms with van der Waals surface area (Å²) >= 11 is 12.1. The van der Waals surface area contributed by atoms with E-state index >= 15 is 0 Å². The van der Waals surface area contributed by atoms with Crippen molar-refractivity contribution >= 4 is 34.9 Å². The highest BCUT2D eigenvalue weighted by Crippen LogP contribution is 2.27. The summed E-state index contributed by atoms with van der Waals surface area (Å²) in [7, 11) is 0. The molecule has 0 bridgehead atoms. The molecule has 0 spiro atoms. The fraction of sp³-hybridized carbons (Fsp3) is 0.235. The van der Waals surface area contributed by atoms with E-state index in [-0.39, 0.29) is 6.03 Å². The number of hydrogen-bond acceptors (Lipinski definition) is 1. The number of carbonyl (C=O) groups excluding carboxylic acids is 1. The van der Waals surface area contributed by atoms with E-state index in [1.54, 1.807) is 0 Å². The van der Waals surface area contributed by atoms with E-state index in [4.69, 9.17) is 23.2 Å². The first-order valence-corrected chi connectivity index (χ1v) is 7.77. The molecule has 116 valence electrons. The Balaban J connectivity index is 1.89. The maximum absolute atomic E-state index is 12.0. The molecule has 2 rings (SSSR count). The lowest BCUT2D eigenvalue weighted by Gasteiger charge is -2.12. The van der Waals surface area contributed by atoms with Gasteiger partial charge in [-0.2, -0.15) is 0 Å². The minimum Gasteiger partial charge on any atom is -0.338 e. The molecule has 0 saturated heterocycles. The number of amides is 2. The van der Waals surface area contributed by atoms with Crippen molar-refractivity contribution in [2.24, 2.45) is 0 Å². The predicted octanol–water partition coefficient (Wildman–Crippen LogP) is 4.97. The zero-order chi connectivity index (χ0) is 16.1. The molecule has 0 radical (unpaired) electrons. The number of benzene rings is 2. The van der Waals surface area contributed by atoms with Crippen LogP contribution in [0.15, 0.2) is 36.4 Å². The third-order valence-electron chi connectivity index (χ3n) is 3.26. The summed E-state index contributed by atoms with van der Waals surface area (Å²) in [5.41, 5.74) is 3.73. The summed E-state index contributed by atoms with van der Waals surface area (Å²) < 4.78 is 0. The zero-order valence-electron chi connectivity index (χ0n) is 12.5. The summed E-state index contributed by atoms with van der Waals surface area (Å²) in [6, 6.07) is 11.1. The van der Waals surface area contributed by atoms with Gasteiger partial charge in [0.1, 0.15) is 0 Å². The molecule has 0 aliphatic carbocycles. The molecule has 0 atom stereocenters. The van der Waals surface area contributed by atoms with Gasteiger partial charge >= 0.3 is 6.03 Å². The molecular weight excluding hydrogens is 319 g/mol. The van der Waals surface area contributed by atoms with Gasteiger partial charge in [0.2, 0.25) is 0 Å². The Morgan fingerprint density at radius 3 is 2.59 bits per heavy atom. The highest BCUT2D eigenvalue weighted by atomic mass is 35.5. The summed E-state index contributed by atoms with van der Waals surface area (Å²) in [5, 5.41) is 6.85. The topological polar surface area (TPSA) is 41.1 Å². The molecule has 0 unspecified atom stereocenters. The fourth-order valence-corrected chi connectivity index (χ4v) is 2.83. The third kappa shape index (κ3) is 4.65. The van der Waals surface area contributed by atoms with Crippen LogP contribution >= 0.6 is 23.2 Å². The molecule has 0 fully saturated rings. The van der Waals surface area contributed by atoms with Crippen molar-refractivity contribution in [2.45, 2.75) is 20.3 Å². The van der Waals surface area contributed by atoms with Crippen molar-refractivity contribution in [3.05, 3.63) is 63.1 Å². The van der Waals surface area contributed by atoms with E-state index in [0.29, 0.717) is 28.7 Å². The first-order valence-electron chi connectivity index (χ1n) is 7.02. The van der Waals surface area contributed by atoms with Gasteiger partial charge in [0.15, 0.2) is 0 Å². The van der Waals surface area contributed by atoms with Crippen LogP contribution in [0, 0.1) is 13.8 Å². The molecular formula is C17H18Cl2N2O. The van der Waals surface area contributed by atoms with Gasteiger partial charge in [-0.05, 0) is 55.2 Å². The number of halogens is 2. The maximum atomic E-state index is 12.0. The smallest absolute Gasteiger partial charge is 0.319 e. The number of rotatable bonds is 4. The van der Waals surface area contributed by atoms with Crippen LogP contribution in [0.4, 0.5) is 10.5 Å². The van der Waals surface area contributed by atoms with Crippen molar-refractivity contribution in [3.63, 3.8) is 0 Å². The quantitative estimate of drug-likeness (QED) is 0.812. The van der Waals surface area contributed by atoms with Gasteiger partial charge in [0.25, 0.3) is 0 Å². The molecule has 2 amide bonds. The molecule has 0 saturated carbocycles. The molecule has 0 aliphatic heterocycles. The molecule has 0 aliphatic rings. The van der Waals surface area contributed by atoms with Crippen molar-refractivity contribution in [3.8, 4) is 0 Å². The molecule has 5 heteroatoms. The van der Waals surface area contributed by atoms with Gasteiger partial charge in [-0.3, -0.25) is 0 Å². The second kappa shape index (κ2) is 7.52. The molecule has 3 nitrogen and oxygen atoms in total. The number of nitrogens with one attached hydrogen (secondary N) is 2. The van der Waals surface area contributed by atoms with Crippen LogP contribution in [-0.4, -0.2) is 12.6 Å². The summed E-state index contributed by atoms with van der Waals surface area (Å²) in [6.07, 6.45) is 0.717. The molecule has 22 heavy (non-hydrogen) atoms. The van der Waals surface area contributed by atoms with E-state index in [9.17, 15) is 4.79 Å². The first-order chi connectivity index (χ1) is 10.5. The second-order valence-electron chi connectivity index (χ2n) is 5.20. The van der Waals surface area contributed by atoms with Crippen molar-refractivity contribution in [1.29, 1.82) is 0 Å². The molecule has 2 aromatic carbocycles. The van der Waals surface area contributed by atoms with Gasteiger partial charge in [-0.1, -0.05) is 41.4 Å². The molecule has 0 aromatic heterocycles. The Kier molecular flexibility index (Phi) is 5.69. The van der Waals surface area contributed by atoms with Gasteiger partial charge in [-0.15, -0.1) is 0 Å². The standard InChI is InChI=1S/C17H18Cl2N2O/c1-11-8-12(2)16(15(19)9-11)21-17(22)20-7-6-13-4-3-5-14(18)10-13/h3-5,8-10H,6-7H2,1-2H3,(H2,20,21,22). The predicted molar refractivity (Wildman–Crippen MR) is 93.1 cm³/mol. The van der Waals surface area contributed by atoms with Gasteiger partial charge < -0.3 is 10.6 Å². The maximum Gasteiger partial charge on any atom is 0.319 e. The third-order valence-corrected chi connectivity index (χ3v) is 3.79. The summed E-state index contributed by atoms with van der Waals surface area (Å²) in [6.45, 7) is 4.41. The van der Waals surface area contributed by atoms with E-state index in [2.05, 4.69) is 10.6 Å². The van der Waals surface area contributed by atoms with Crippen LogP contribution in [-0.2, 0) is 6.42 Å². The van der Waals surface area contributed by atoms with Crippen molar-refractivity contribution in [2.75, 3.05) is 11.9 Å². The molecule has 2 aromatic rings. The van der Waals surface area contributed by atoms with Crippen LogP contribution < -0.4 is 10.6 Å². The largest absolute Gasteiger partial charge is 0.338 e. The van der Waals surface area contributed by atoms with Crippen LogP contribution in [0.1, 0.15) is 16.7 Å². The zero-order valence-corrected chi connectivity index (χ0v) is 14.1. The number of anilines is 1. The number of urea groups is 1. The van der Waals surface area contributed by atoms with Gasteiger partial charge in [0, 0.05) is 11.6 Å². The minimum atomic E-state index is -0.268. The summed E-state index contributed by atoms with van der Waals surface area (Å²) in [4.78, 5) is 12.0. The van der Waals surface area contributed by atoms with E-state index < -0.39 is 0 Å². The Bertz CT molecular complexity index is 663. The lowest BCUT2D eigenvalue weighted by molar-refractivity contribution is 0.252. The van der Waals surface area contributed by atoms with Gasteiger partial charge in [-0.25, -0.2) is 4.79 Å². The average Bonchev–Trinajstić information content (AvgIpc) is 2.43. The van der Waals surface area contributed by atoms with Crippen molar-refractivity contribution in [1.82, 2.24) is 5.32 Å². The van der Waals surface area contributed by atoms with Crippen LogP contribution in [0.5, 0.6) is 0 Å². The van der Waals surface area contributed by atoms with E-state index in [0.717, 1.165) is 16.7 Å². The minimum absolute atomic E-state index is 0.268. The van der Waals surface area contributed by atoms with Gasteiger partial charge in [0.05, 0.1) is 10.7 Å². The normalized spacial score (nSPS) is 10.4.